The fraction of sp³-hybridized carbons (Fsp3) is 0.750. The Kier molecular flexibility index (Phi) is 11.3. The predicted octanol–water partition coefficient (Wildman–Crippen LogP) is 1.77. The number of hydrogen-bond donors (Lipinski definition) is 2. The van der Waals surface area contributed by atoms with Gasteiger partial charge >= 0.3 is 29.5 Å². The van der Waals surface area contributed by atoms with Gasteiger partial charge in [-0.15, -0.1) is 0 Å². The van der Waals surface area contributed by atoms with Crippen molar-refractivity contribution in [2.45, 2.75) is 37.8 Å². The summed E-state index contributed by atoms with van der Waals surface area (Å²) in [6.07, 6.45) is 0.441. The second-order valence-corrected chi connectivity index (χ2v) is 12.0. The van der Waals surface area contributed by atoms with Crippen LogP contribution >= 0.6 is 0 Å². The minimum absolute atomic E-state index is 0.220. The molecule has 0 amide bonds. The van der Waals surface area contributed by atoms with Gasteiger partial charge in [-0.3, -0.25) is 0 Å². The summed E-state index contributed by atoms with van der Waals surface area (Å²) in [5.41, 5.74) is -2.57. The molecule has 28 heavy (non-hydrogen) atoms. The Labute approximate surface area is 168 Å². The first-order valence-electron chi connectivity index (χ1n) is 8.67. The molecule has 0 saturated heterocycles. The van der Waals surface area contributed by atoms with Crippen molar-refractivity contribution >= 4 is 29.5 Å². The minimum atomic E-state index is -3.54. The predicted molar refractivity (Wildman–Crippen MR) is 104 cm³/mol. The first-order valence-corrected chi connectivity index (χ1v) is 12.3. The van der Waals surface area contributed by atoms with Crippen LogP contribution in [-0.2, 0) is 36.1 Å². The molecular formula is C16H32O10Si2. The molecule has 164 valence electrons. The molecule has 0 radical (unpaired) electrons. The van der Waals surface area contributed by atoms with Crippen LogP contribution in [0.1, 0.15) is 26.7 Å². The quantitative estimate of drug-likeness (QED) is 0.304. The first-order chi connectivity index (χ1) is 13.1. The third kappa shape index (κ3) is 5.07. The lowest BCUT2D eigenvalue weighted by molar-refractivity contribution is -0.136. The summed E-state index contributed by atoms with van der Waals surface area (Å²) in [5.74, 6) is -2.81. The molecular weight excluding hydrogens is 408 g/mol. The van der Waals surface area contributed by atoms with E-state index >= 15 is 0 Å². The van der Waals surface area contributed by atoms with Crippen LogP contribution in [-0.4, -0.2) is 82.4 Å². The van der Waals surface area contributed by atoms with E-state index < -0.39 is 40.6 Å². The van der Waals surface area contributed by atoms with E-state index in [9.17, 15) is 19.8 Å². The highest BCUT2D eigenvalue weighted by atomic mass is 28.4. The van der Waals surface area contributed by atoms with E-state index in [4.69, 9.17) is 26.6 Å². The van der Waals surface area contributed by atoms with Crippen LogP contribution in [0.3, 0.4) is 0 Å². The first kappa shape index (κ1) is 26.9. The van der Waals surface area contributed by atoms with Gasteiger partial charge in [0.1, 0.15) is 0 Å². The number of carboxylic acid groups (broad SMARTS) is 2. The largest absolute Gasteiger partial charge is 0.508 e. The van der Waals surface area contributed by atoms with Crippen LogP contribution in [0.2, 0.25) is 11.1 Å². The van der Waals surface area contributed by atoms with Crippen LogP contribution < -0.4 is 0 Å². The van der Waals surface area contributed by atoms with Crippen LogP contribution in [0.5, 0.6) is 0 Å². The molecule has 0 aromatic rings. The Balaban J connectivity index is 7.10. The molecule has 0 heterocycles. The van der Waals surface area contributed by atoms with Crippen molar-refractivity contribution in [3.63, 3.8) is 0 Å². The van der Waals surface area contributed by atoms with Crippen molar-refractivity contribution in [3.8, 4) is 0 Å². The normalized spacial score (nSPS) is 15.7. The van der Waals surface area contributed by atoms with Gasteiger partial charge in [0.2, 0.25) is 0 Å². The second-order valence-electron chi connectivity index (χ2n) is 5.79. The van der Waals surface area contributed by atoms with Gasteiger partial charge in [0, 0.05) is 42.7 Å². The molecule has 2 N–H and O–H groups in total. The van der Waals surface area contributed by atoms with Crippen LogP contribution in [0.25, 0.3) is 0 Å². The van der Waals surface area contributed by atoms with Gasteiger partial charge in [0.25, 0.3) is 0 Å². The topological polar surface area (TPSA) is 130 Å². The van der Waals surface area contributed by atoms with Gasteiger partial charge in [-0.1, -0.05) is 13.8 Å². The summed E-state index contributed by atoms with van der Waals surface area (Å²) < 4.78 is 32.7. The van der Waals surface area contributed by atoms with Crippen molar-refractivity contribution in [1.82, 2.24) is 0 Å². The highest BCUT2D eigenvalue weighted by Crippen LogP contribution is 2.43. The van der Waals surface area contributed by atoms with Gasteiger partial charge in [-0.2, -0.15) is 0 Å². The third-order valence-corrected chi connectivity index (χ3v) is 11.3. The summed E-state index contributed by atoms with van der Waals surface area (Å²) in [7, 11) is 0.992. The fourth-order valence-corrected chi connectivity index (χ4v) is 8.49. The number of rotatable bonds is 14. The van der Waals surface area contributed by atoms with Gasteiger partial charge in [-0.25, -0.2) is 9.59 Å². The highest BCUT2D eigenvalue weighted by Gasteiger charge is 2.56. The Bertz CT molecular complexity index is 493. The van der Waals surface area contributed by atoms with Crippen molar-refractivity contribution in [3.05, 3.63) is 11.1 Å². The lowest BCUT2D eigenvalue weighted by atomic mass is 9.98. The van der Waals surface area contributed by atoms with Crippen molar-refractivity contribution < 1.29 is 46.4 Å². The zero-order valence-corrected chi connectivity index (χ0v) is 19.7. The number of hydrogen-bond acceptors (Lipinski definition) is 8. The fourth-order valence-electron chi connectivity index (χ4n) is 3.52. The van der Waals surface area contributed by atoms with E-state index in [1.165, 1.54) is 42.7 Å². The molecule has 0 spiro atoms. The van der Waals surface area contributed by atoms with Crippen LogP contribution in [0.15, 0.2) is 11.1 Å². The number of carboxylic acids is 2. The van der Waals surface area contributed by atoms with Crippen LogP contribution in [0.4, 0.5) is 0 Å². The molecule has 0 fully saturated rings. The maximum Gasteiger partial charge on any atom is 0.508 e. The average molecular weight is 441 g/mol. The molecule has 0 rings (SSSR count). The maximum absolute atomic E-state index is 12.3. The average Bonchev–Trinajstić information content (AvgIpc) is 2.70. The zero-order chi connectivity index (χ0) is 22.1. The van der Waals surface area contributed by atoms with E-state index in [0.717, 1.165) is 0 Å². The van der Waals surface area contributed by atoms with E-state index in [-0.39, 0.29) is 24.0 Å². The Morgan fingerprint density at radius 2 is 0.857 bits per heavy atom. The van der Waals surface area contributed by atoms with E-state index in [1.54, 1.807) is 13.8 Å². The Hall–Kier alpha value is -1.13. The van der Waals surface area contributed by atoms with E-state index in [0.29, 0.717) is 0 Å². The van der Waals surface area contributed by atoms with Gasteiger partial charge in [-0.05, 0) is 12.8 Å². The smallest absolute Gasteiger partial charge is 0.478 e. The summed E-state index contributed by atoms with van der Waals surface area (Å²) >= 11 is 0. The summed E-state index contributed by atoms with van der Waals surface area (Å²) in [6.45, 7) is 3.42. The van der Waals surface area contributed by atoms with Gasteiger partial charge in [0.05, 0.1) is 22.2 Å². The lowest BCUT2D eigenvalue weighted by Crippen LogP contribution is -2.52. The number of aliphatic carboxylic acids is 2. The number of carbonyl (C=O) groups is 2. The molecule has 0 aliphatic rings. The van der Waals surface area contributed by atoms with Crippen molar-refractivity contribution in [2.75, 3.05) is 42.7 Å². The summed E-state index contributed by atoms with van der Waals surface area (Å²) in [5, 5.41) is 20.0. The van der Waals surface area contributed by atoms with E-state index in [1.807, 2.05) is 0 Å². The standard InChI is InChI=1S/C16H32O10Si2/c1-9-11(27(21-3,22-4)23-5)13(15(17)18)14(16(19)20)12(10-2)28(24-6,25-7)26-8/h11-12H,9-10H2,1-8H3,(H,17,18)(H,19,20)/b14-13+. The van der Waals surface area contributed by atoms with Gasteiger partial charge in [0.15, 0.2) is 0 Å². The molecule has 0 bridgehead atoms. The third-order valence-electron chi connectivity index (χ3n) is 4.83. The lowest BCUT2D eigenvalue weighted by Gasteiger charge is -2.36. The molecule has 0 aromatic carbocycles. The van der Waals surface area contributed by atoms with Crippen molar-refractivity contribution in [1.29, 1.82) is 0 Å². The maximum atomic E-state index is 12.3. The SMILES string of the molecule is CCC(/C(C(=O)O)=C(\C(=O)O)C(CC)[Si](OC)(OC)OC)[Si](OC)(OC)OC. The molecule has 0 saturated carbocycles. The molecule has 12 heteroatoms. The molecule has 0 aliphatic heterocycles. The molecule has 2 unspecified atom stereocenters. The Morgan fingerprint density at radius 1 is 0.643 bits per heavy atom. The summed E-state index contributed by atoms with van der Waals surface area (Å²) in [4.78, 5) is 24.6. The van der Waals surface area contributed by atoms with Gasteiger partial charge < -0.3 is 36.8 Å². The highest BCUT2D eigenvalue weighted by molar-refractivity contribution is 6.65. The van der Waals surface area contributed by atoms with Crippen LogP contribution in [0, 0.1) is 0 Å². The Morgan fingerprint density at radius 3 is 0.964 bits per heavy atom. The van der Waals surface area contributed by atoms with Crippen molar-refractivity contribution in [2.24, 2.45) is 0 Å². The molecule has 10 nitrogen and oxygen atoms in total. The second kappa shape index (κ2) is 11.8. The monoisotopic (exact) mass is 440 g/mol. The molecule has 0 aromatic heterocycles. The van der Waals surface area contributed by atoms with E-state index in [2.05, 4.69) is 0 Å². The zero-order valence-electron chi connectivity index (χ0n) is 17.7. The molecule has 2 atom stereocenters. The summed E-state index contributed by atoms with van der Waals surface area (Å²) in [6, 6.07) is 0. The molecule has 0 aliphatic carbocycles. The minimum Gasteiger partial charge on any atom is -0.478 e.